The Morgan fingerprint density at radius 1 is 1.33 bits per heavy atom. The monoisotopic (exact) mass is 466 g/mol. The summed E-state index contributed by atoms with van der Waals surface area (Å²) >= 11 is 9.07. The van der Waals surface area contributed by atoms with Crippen molar-refractivity contribution in [1.82, 2.24) is 15.3 Å². The van der Waals surface area contributed by atoms with Crippen LogP contribution in [0.25, 0.3) is 0 Å². The van der Waals surface area contributed by atoms with Gasteiger partial charge in [-0.3, -0.25) is 9.59 Å². The van der Waals surface area contributed by atoms with Crippen LogP contribution in [-0.4, -0.2) is 46.8 Å². The van der Waals surface area contributed by atoms with Crippen molar-refractivity contribution in [3.05, 3.63) is 32.9 Å². The van der Waals surface area contributed by atoms with Crippen molar-refractivity contribution in [2.24, 2.45) is 0 Å². The smallest absolute Gasteiger partial charge is 0.276 e. The van der Waals surface area contributed by atoms with Gasteiger partial charge in [0.1, 0.15) is 5.00 Å². The molecule has 7 nitrogen and oxygen atoms in total. The first-order valence-electron chi connectivity index (χ1n) is 10.1. The molecular weight excluding hydrogens is 444 g/mol. The summed E-state index contributed by atoms with van der Waals surface area (Å²) in [5.74, 6) is 0.180. The Labute approximate surface area is 188 Å². The number of nitrogens with zero attached hydrogens (tertiary/aromatic N) is 2. The lowest BCUT2D eigenvalue weighted by molar-refractivity contribution is 0.0858. The van der Waals surface area contributed by atoms with E-state index in [9.17, 15) is 9.59 Å². The maximum absolute atomic E-state index is 13.0. The van der Waals surface area contributed by atoms with Crippen LogP contribution in [0.2, 0.25) is 5.02 Å². The van der Waals surface area contributed by atoms with Gasteiger partial charge in [-0.2, -0.15) is 0 Å². The summed E-state index contributed by atoms with van der Waals surface area (Å²) in [6, 6.07) is 0. The summed E-state index contributed by atoms with van der Waals surface area (Å²) in [4.78, 5) is 35.5. The number of ether oxygens (including phenoxy) is 1. The van der Waals surface area contributed by atoms with Crippen LogP contribution in [0.15, 0.2) is 11.4 Å². The number of fused-ring (bicyclic) bond motifs is 1. The van der Waals surface area contributed by atoms with Crippen molar-refractivity contribution >= 4 is 51.5 Å². The second-order valence-electron chi connectivity index (χ2n) is 7.14. The molecule has 30 heavy (non-hydrogen) atoms. The van der Waals surface area contributed by atoms with Crippen LogP contribution in [0.1, 0.15) is 57.5 Å². The first-order chi connectivity index (χ1) is 14.6. The van der Waals surface area contributed by atoms with Crippen molar-refractivity contribution in [1.29, 1.82) is 0 Å². The molecule has 2 aromatic heterocycles. The molecule has 0 aromatic carbocycles. The van der Waals surface area contributed by atoms with Crippen LogP contribution < -0.4 is 10.6 Å². The van der Waals surface area contributed by atoms with E-state index in [1.807, 2.05) is 6.92 Å². The van der Waals surface area contributed by atoms with Crippen molar-refractivity contribution in [3.8, 4) is 0 Å². The van der Waals surface area contributed by atoms with Gasteiger partial charge in [-0.15, -0.1) is 11.3 Å². The SMILES string of the molecule is CCSc1ncc(Cl)c(C(=O)Nc2sc3c(c2C(=O)NCC2CCCO2)CCC3)n1. The van der Waals surface area contributed by atoms with E-state index in [1.54, 1.807) is 0 Å². The van der Waals surface area contributed by atoms with Crippen LogP contribution in [-0.2, 0) is 17.6 Å². The number of carbonyl (C=O) groups excluding carboxylic acids is 2. The molecule has 0 spiro atoms. The molecule has 2 amide bonds. The molecule has 10 heteroatoms. The third-order valence-electron chi connectivity index (χ3n) is 5.10. The van der Waals surface area contributed by atoms with E-state index in [0.717, 1.165) is 54.9 Å². The summed E-state index contributed by atoms with van der Waals surface area (Å²) in [7, 11) is 0. The second kappa shape index (κ2) is 9.64. The molecule has 1 fully saturated rings. The van der Waals surface area contributed by atoms with Crippen LogP contribution >= 0.6 is 34.7 Å². The van der Waals surface area contributed by atoms with Gasteiger partial charge in [-0.05, 0) is 43.4 Å². The zero-order valence-corrected chi connectivity index (χ0v) is 19.0. The Bertz CT molecular complexity index is 960. The lowest BCUT2D eigenvalue weighted by Gasteiger charge is -2.13. The summed E-state index contributed by atoms with van der Waals surface area (Å²) < 4.78 is 5.60. The lowest BCUT2D eigenvalue weighted by Crippen LogP contribution is -2.32. The number of nitrogens with one attached hydrogen (secondary N) is 2. The number of halogens is 1. The normalized spacial score (nSPS) is 17.7. The van der Waals surface area contributed by atoms with Crippen LogP contribution in [0.4, 0.5) is 5.00 Å². The molecule has 160 valence electrons. The molecule has 2 aliphatic rings. The van der Waals surface area contributed by atoms with Gasteiger partial charge in [0, 0.05) is 18.0 Å². The molecule has 1 atom stereocenters. The average molecular weight is 467 g/mol. The van der Waals surface area contributed by atoms with Gasteiger partial charge in [-0.25, -0.2) is 9.97 Å². The second-order valence-corrected chi connectivity index (χ2v) is 9.89. The third kappa shape index (κ3) is 4.64. The minimum Gasteiger partial charge on any atom is -0.376 e. The molecular formula is C20H23ClN4O3S2. The number of aryl methyl sites for hydroxylation is 1. The molecule has 1 unspecified atom stereocenters. The zero-order chi connectivity index (χ0) is 21.1. The van der Waals surface area contributed by atoms with Gasteiger partial charge < -0.3 is 15.4 Å². The highest BCUT2D eigenvalue weighted by Gasteiger charge is 2.29. The van der Waals surface area contributed by atoms with Crippen molar-refractivity contribution in [2.45, 2.75) is 50.3 Å². The fourth-order valence-electron chi connectivity index (χ4n) is 3.70. The number of carbonyl (C=O) groups is 2. The predicted molar refractivity (Wildman–Crippen MR) is 119 cm³/mol. The summed E-state index contributed by atoms with van der Waals surface area (Å²) in [6.07, 6.45) is 6.27. The van der Waals surface area contributed by atoms with Crippen molar-refractivity contribution in [2.75, 3.05) is 24.2 Å². The summed E-state index contributed by atoms with van der Waals surface area (Å²) in [6.45, 7) is 3.21. The average Bonchev–Trinajstić information content (AvgIpc) is 3.45. The third-order valence-corrected chi connectivity index (χ3v) is 7.33. The first-order valence-corrected chi connectivity index (χ1v) is 12.3. The Morgan fingerprint density at radius 3 is 2.97 bits per heavy atom. The Kier molecular flexibility index (Phi) is 6.92. The Balaban J connectivity index is 1.55. The molecule has 2 aromatic rings. The van der Waals surface area contributed by atoms with Crippen LogP contribution in [0.5, 0.6) is 0 Å². The molecule has 1 aliphatic heterocycles. The zero-order valence-electron chi connectivity index (χ0n) is 16.6. The molecule has 2 N–H and O–H groups in total. The number of thioether (sulfide) groups is 1. The number of rotatable bonds is 7. The van der Waals surface area contributed by atoms with Crippen molar-refractivity contribution < 1.29 is 14.3 Å². The highest BCUT2D eigenvalue weighted by atomic mass is 35.5. The number of anilines is 1. The van der Waals surface area contributed by atoms with Gasteiger partial charge >= 0.3 is 0 Å². The number of amides is 2. The number of thiophene rings is 1. The topological polar surface area (TPSA) is 93.2 Å². The highest BCUT2D eigenvalue weighted by Crippen LogP contribution is 2.39. The van der Waals surface area contributed by atoms with E-state index in [2.05, 4.69) is 20.6 Å². The Morgan fingerprint density at radius 2 is 2.20 bits per heavy atom. The summed E-state index contributed by atoms with van der Waals surface area (Å²) in [5, 5.41) is 7.09. The van der Waals surface area contributed by atoms with Gasteiger partial charge in [0.2, 0.25) is 0 Å². The van der Waals surface area contributed by atoms with E-state index >= 15 is 0 Å². The van der Waals surface area contributed by atoms with E-state index in [-0.39, 0.29) is 22.7 Å². The van der Waals surface area contributed by atoms with E-state index in [1.165, 1.54) is 29.3 Å². The number of hydrogen-bond donors (Lipinski definition) is 2. The van der Waals surface area contributed by atoms with Crippen molar-refractivity contribution in [3.63, 3.8) is 0 Å². The number of aromatic nitrogens is 2. The summed E-state index contributed by atoms with van der Waals surface area (Å²) in [5.41, 5.74) is 1.71. The van der Waals surface area contributed by atoms with E-state index < -0.39 is 5.91 Å². The van der Waals surface area contributed by atoms with Crippen LogP contribution in [0.3, 0.4) is 0 Å². The fraction of sp³-hybridized carbons (Fsp3) is 0.500. The fourth-order valence-corrected chi connectivity index (χ4v) is 5.70. The first kappa shape index (κ1) is 21.5. The molecule has 0 bridgehead atoms. The van der Waals surface area contributed by atoms with E-state index in [4.69, 9.17) is 16.3 Å². The molecule has 3 heterocycles. The van der Waals surface area contributed by atoms with Gasteiger partial charge in [-0.1, -0.05) is 30.3 Å². The quantitative estimate of drug-likeness (QED) is 0.474. The largest absolute Gasteiger partial charge is 0.376 e. The lowest BCUT2D eigenvalue weighted by atomic mass is 10.1. The van der Waals surface area contributed by atoms with Gasteiger partial charge in [0.05, 0.1) is 22.9 Å². The molecule has 4 rings (SSSR count). The Hall–Kier alpha value is -1.68. The standard InChI is InChI=1S/C20H23ClN4O3S2/c1-2-29-20-23-10-13(21)16(24-20)18(27)25-19-15(12-6-3-7-14(12)30-19)17(26)22-9-11-5-4-8-28-11/h10-11H,2-9H2,1H3,(H,22,26)(H,25,27). The number of hydrogen-bond acceptors (Lipinski definition) is 7. The van der Waals surface area contributed by atoms with E-state index in [0.29, 0.717) is 22.3 Å². The maximum atomic E-state index is 13.0. The highest BCUT2D eigenvalue weighted by molar-refractivity contribution is 7.99. The van der Waals surface area contributed by atoms with Gasteiger partial charge in [0.25, 0.3) is 11.8 Å². The predicted octanol–water partition coefficient (Wildman–Crippen LogP) is 3.95. The molecule has 1 aliphatic carbocycles. The molecule has 1 saturated heterocycles. The molecule has 0 saturated carbocycles. The van der Waals surface area contributed by atoms with Crippen LogP contribution in [0, 0.1) is 0 Å². The van der Waals surface area contributed by atoms with Gasteiger partial charge in [0.15, 0.2) is 10.9 Å². The minimum absolute atomic E-state index is 0.0630. The maximum Gasteiger partial charge on any atom is 0.276 e. The minimum atomic E-state index is -0.437. The molecule has 0 radical (unpaired) electrons.